The molecule has 1 saturated carbocycles. The van der Waals surface area contributed by atoms with Gasteiger partial charge in [0, 0.05) is 0 Å². The summed E-state index contributed by atoms with van der Waals surface area (Å²) >= 11 is 0. The molecule has 116 valence electrons. The first kappa shape index (κ1) is 16.1. The van der Waals surface area contributed by atoms with E-state index in [0.29, 0.717) is 5.92 Å². The Morgan fingerprint density at radius 1 is 1.19 bits per heavy atom. The fourth-order valence-corrected chi connectivity index (χ4v) is 3.56. The molecule has 0 saturated heterocycles. The Labute approximate surface area is 128 Å². The van der Waals surface area contributed by atoms with Gasteiger partial charge in [-0.15, -0.1) is 0 Å². The Morgan fingerprint density at radius 2 is 1.81 bits per heavy atom. The molecule has 2 rings (SSSR count). The molecule has 21 heavy (non-hydrogen) atoms. The number of esters is 1. The van der Waals surface area contributed by atoms with Crippen molar-refractivity contribution in [2.45, 2.75) is 64.2 Å². The van der Waals surface area contributed by atoms with E-state index in [0.717, 1.165) is 11.5 Å². The van der Waals surface area contributed by atoms with E-state index >= 15 is 0 Å². The molecular weight excluding hydrogens is 260 g/mol. The lowest BCUT2D eigenvalue weighted by molar-refractivity contribution is -0.141. The highest BCUT2D eigenvalue weighted by molar-refractivity contribution is 5.77. The van der Waals surface area contributed by atoms with Crippen LogP contribution in [0.1, 0.15) is 75.3 Å². The molecule has 1 aromatic carbocycles. The van der Waals surface area contributed by atoms with Crippen LogP contribution in [0, 0.1) is 5.92 Å². The molecule has 0 aliphatic heterocycles. The second kappa shape index (κ2) is 7.63. The minimum absolute atomic E-state index is 0.164. The van der Waals surface area contributed by atoms with Gasteiger partial charge in [0.15, 0.2) is 0 Å². The van der Waals surface area contributed by atoms with Gasteiger partial charge in [0.2, 0.25) is 0 Å². The summed E-state index contributed by atoms with van der Waals surface area (Å²) in [6, 6.07) is 8.60. The third-order valence-corrected chi connectivity index (χ3v) is 5.01. The number of carbonyl (C=O) groups excluding carboxylic acids is 1. The Morgan fingerprint density at radius 3 is 2.33 bits per heavy atom. The molecule has 0 spiro atoms. The van der Waals surface area contributed by atoms with Crippen molar-refractivity contribution >= 4 is 5.97 Å². The first-order chi connectivity index (χ1) is 10.2. The largest absolute Gasteiger partial charge is 0.469 e. The minimum atomic E-state index is -0.177. The van der Waals surface area contributed by atoms with Gasteiger partial charge in [-0.05, 0) is 55.6 Å². The maximum absolute atomic E-state index is 11.6. The lowest BCUT2D eigenvalue weighted by Crippen LogP contribution is -2.14. The predicted octanol–water partition coefficient (Wildman–Crippen LogP) is 5.04. The summed E-state index contributed by atoms with van der Waals surface area (Å²) in [6.07, 6.45) is 8.09. The van der Waals surface area contributed by atoms with Crippen LogP contribution in [0.4, 0.5) is 0 Å². The smallest absolute Gasteiger partial charge is 0.312 e. The van der Waals surface area contributed by atoms with Gasteiger partial charge in [-0.1, -0.05) is 44.0 Å². The van der Waals surface area contributed by atoms with Gasteiger partial charge in [0.05, 0.1) is 13.0 Å². The molecule has 0 heterocycles. The van der Waals surface area contributed by atoms with Crippen LogP contribution in [-0.4, -0.2) is 13.1 Å². The zero-order chi connectivity index (χ0) is 15.2. The maximum Gasteiger partial charge on any atom is 0.312 e. The van der Waals surface area contributed by atoms with Gasteiger partial charge in [-0.3, -0.25) is 4.79 Å². The number of ether oxygens (including phenoxy) is 1. The van der Waals surface area contributed by atoms with E-state index < -0.39 is 0 Å². The van der Waals surface area contributed by atoms with Gasteiger partial charge in [0.25, 0.3) is 0 Å². The summed E-state index contributed by atoms with van der Waals surface area (Å²) in [5.41, 5.74) is 2.48. The molecule has 1 unspecified atom stereocenters. The normalized spacial score (nSPS) is 23.6. The Kier molecular flexibility index (Phi) is 5.84. The van der Waals surface area contributed by atoms with E-state index in [9.17, 15) is 4.79 Å². The van der Waals surface area contributed by atoms with Crippen molar-refractivity contribution in [1.29, 1.82) is 0 Å². The lowest BCUT2D eigenvalue weighted by atomic mass is 9.77. The number of benzene rings is 1. The molecule has 1 atom stereocenters. The third kappa shape index (κ3) is 4.09. The zero-order valence-electron chi connectivity index (χ0n) is 13.6. The molecule has 2 nitrogen and oxygen atoms in total. The number of methoxy groups -OCH3 is 1. The highest BCUT2D eigenvalue weighted by Gasteiger charge is 2.22. The van der Waals surface area contributed by atoms with E-state index in [1.165, 1.54) is 51.2 Å². The van der Waals surface area contributed by atoms with Crippen LogP contribution < -0.4 is 0 Å². The molecule has 1 aromatic rings. The van der Waals surface area contributed by atoms with Crippen molar-refractivity contribution in [3.05, 3.63) is 35.4 Å². The van der Waals surface area contributed by atoms with Crippen molar-refractivity contribution in [3.8, 4) is 0 Å². The lowest BCUT2D eigenvalue weighted by Gasteiger charge is -2.28. The van der Waals surface area contributed by atoms with Crippen LogP contribution in [0.5, 0.6) is 0 Å². The Balaban J connectivity index is 1.95. The van der Waals surface area contributed by atoms with Gasteiger partial charge in [0.1, 0.15) is 0 Å². The average Bonchev–Trinajstić information content (AvgIpc) is 2.54. The van der Waals surface area contributed by atoms with Crippen LogP contribution in [0.25, 0.3) is 0 Å². The fourth-order valence-electron chi connectivity index (χ4n) is 3.56. The molecular formula is C19H28O2. The van der Waals surface area contributed by atoms with Crippen molar-refractivity contribution in [3.63, 3.8) is 0 Å². The second-order valence-corrected chi connectivity index (χ2v) is 6.42. The van der Waals surface area contributed by atoms with E-state index in [-0.39, 0.29) is 11.9 Å². The quantitative estimate of drug-likeness (QED) is 0.710. The first-order valence-electron chi connectivity index (χ1n) is 8.33. The third-order valence-electron chi connectivity index (χ3n) is 5.01. The van der Waals surface area contributed by atoms with Gasteiger partial charge >= 0.3 is 5.97 Å². The van der Waals surface area contributed by atoms with Gasteiger partial charge < -0.3 is 4.74 Å². The summed E-state index contributed by atoms with van der Waals surface area (Å²) in [6.45, 7) is 4.18. The number of rotatable bonds is 5. The number of hydrogen-bond acceptors (Lipinski definition) is 2. The molecule has 0 bridgehead atoms. The predicted molar refractivity (Wildman–Crippen MR) is 86.5 cm³/mol. The molecule has 0 radical (unpaired) electrons. The Hall–Kier alpha value is -1.31. The van der Waals surface area contributed by atoms with E-state index in [1.54, 1.807) is 0 Å². The van der Waals surface area contributed by atoms with E-state index in [2.05, 4.69) is 31.2 Å². The molecule has 2 heteroatoms. The summed E-state index contributed by atoms with van der Waals surface area (Å²) in [5, 5.41) is 0. The van der Waals surface area contributed by atoms with Crippen LogP contribution in [0.2, 0.25) is 0 Å². The maximum atomic E-state index is 11.6. The minimum Gasteiger partial charge on any atom is -0.469 e. The average molecular weight is 288 g/mol. The first-order valence-corrected chi connectivity index (χ1v) is 8.33. The standard InChI is InChI=1S/C19H28O2/c1-4-5-15-6-8-17(9-7-15)18-12-10-16(11-13-18)14(2)19(20)21-3/h10-15,17H,4-9H2,1-3H3. The molecule has 1 aliphatic carbocycles. The summed E-state index contributed by atoms with van der Waals surface area (Å²) in [4.78, 5) is 11.6. The van der Waals surface area contributed by atoms with Gasteiger partial charge in [-0.25, -0.2) is 0 Å². The molecule has 1 aliphatic rings. The molecule has 0 aromatic heterocycles. The van der Waals surface area contributed by atoms with Crippen molar-refractivity contribution in [2.24, 2.45) is 5.92 Å². The second-order valence-electron chi connectivity index (χ2n) is 6.42. The van der Waals surface area contributed by atoms with Crippen LogP contribution in [0.3, 0.4) is 0 Å². The summed E-state index contributed by atoms with van der Waals surface area (Å²) in [7, 11) is 1.45. The van der Waals surface area contributed by atoms with Crippen LogP contribution >= 0.6 is 0 Å². The zero-order valence-corrected chi connectivity index (χ0v) is 13.6. The summed E-state index contributed by atoms with van der Waals surface area (Å²) < 4.78 is 4.81. The van der Waals surface area contributed by atoms with Crippen LogP contribution in [0.15, 0.2) is 24.3 Å². The van der Waals surface area contributed by atoms with Crippen LogP contribution in [-0.2, 0) is 9.53 Å². The van der Waals surface area contributed by atoms with Crippen molar-refractivity contribution < 1.29 is 9.53 Å². The number of hydrogen-bond donors (Lipinski definition) is 0. The van der Waals surface area contributed by atoms with Crippen molar-refractivity contribution in [2.75, 3.05) is 7.11 Å². The fraction of sp³-hybridized carbons (Fsp3) is 0.632. The highest BCUT2D eigenvalue weighted by atomic mass is 16.5. The molecule has 0 amide bonds. The van der Waals surface area contributed by atoms with E-state index in [1.807, 2.05) is 6.92 Å². The highest BCUT2D eigenvalue weighted by Crippen LogP contribution is 2.37. The Bertz CT molecular complexity index is 441. The van der Waals surface area contributed by atoms with Crippen molar-refractivity contribution in [1.82, 2.24) is 0 Å². The molecule has 0 N–H and O–H groups in total. The monoisotopic (exact) mass is 288 g/mol. The topological polar surface area (TPSA) is 26.3 Å². The number of carbonyl (C=O) groups is 1. The van der Waals surface area contributed by atoms with E-state index in [4.69, 9.17) is 4.74 Å². The SMILES string of the molecule is CCCC1CCC(c2ccc(C(C)C(=O)OC)cc2)CC1. The van der Waals surface area contributed by atoms with Gasteiger partial charge in [-0.2, -0.15) is 0 Å². The summed E-state index contributed by atoms with van der Waals surface area (Å²) in [5.74, 6) is 1.32. The molecule has 1 fully saturated rings.